The van der Waals surface area contributed by atoms with E-state index in [1.165, 1.54) is 5.56 Å². The molecular formula is C27H32N2O4. The summed E-state index contributed by atoms with van der Waals surface area (Å²) in [6, 6.07) is 16.2. The van der Waals surface area contributed by atoms with Gasteiger partial charge in [-0.3, -0.25) is 9.59 Å². The lowest BCUT2D eigenvalue weighted by Crippen LogP contribution is -2.47. The van der Waals surface area contributed by atoms with Gasteiger partial charge in [-0.2, -0.15) is 0 Å². The van der Waals surface area contributed by atoms with Crippen LogP contribution in [-0.4, -0.2) is 60.6 Å². The van der Waals surface area contributed by atoms with Crippen molar-refractivity contribution in [1.29, 1.82) is 0 Å². The zero-order chi connectivity index (χ0) is 22.8. The largest absolute Gasteiger partial charge is 0.481 e. The van der Waals surface area contributed by atoms with Crippen LogP contribution in [0.15, 0.2) is 48.5 Å². The number of carbonyl (C=O) groups excluding carboxylic acids is 2. The molecule has 2 aromatic carbocycles. The summed E-state index contributed by atoms with van der Waals surface area (Å²) in [4.78, 5) is 30.1. The lowest BCUT2D eigenvalue weighted by atomic mass is 9.87. The van der Waals surface area contributed by atoms with Crippen molar-refractivity contribution in [2.24, 2.45) is 5.92 Å². The first-order valence-corrected chi connectivity index (χ1v) is 12.2. The minimum absolute atomic E-state index is 0.0173. The Bertz CT molecular complexity index is 998. The molecule has 1 aliphatic carbocycles. The van der Waals surface area contributed by atoms with Gasteiger partial charge in [-0.05, 0) is 54.5 Å². The van der Waals surface area contributed by atoms with Crippen LogP contribution >= 0.6 is 0 Å². The molecule has 0 N–H and O–H groups in total. The van der Waals surface area contributed by atoms with E-state index in [0.29, 0.717) is 38.5 Å². The summed E-state index contributed by atoms with van der Waals surface area (Å²) in [6.07, 6.45) is 2.90. The maximum absolute atomic E-state index is 13.2. The SMILES string of the molecule is CCC(Oc1ccc2c(c1)C(c1ccccc1)N(C(=O)C1CC1)CC2)C(=O)N1CCOCC1. The molecule has 2 heterocycles. The van der Waals surface area contributed by atoms with Crippen molar-refractivity contribution in [2.45, 2.75) is 44.8 Å². The van der Waals surface area contributed by atoms with Crippen molar-refractivity contribution in [1.82, 2.24) is 9.80 Å². The number of amides is 2. The monoisotopic (exact) mass is 448 g/mol. The van der Waals surface area contributed by atoms with Crippen molar-refractivity contribution in [3.05, 3.63) is 65.2 Å². The van der Waals surface area contributed by atoms with Gasteiger partial charge in [0.2, 0.25) is 5.91 Å². The maximum Gasteiger partial charge on any atom is 0.263 e. The van der Waals surface area contributed by atoms with Crippen LogP contribution in [-0.2, 0) is 20.7 Å². The van der Waals surface area contributed by atoms with Crippen LogP contribution in [0.25, 0.3) is 0 Å². The van der Waals surface area contributed by atoms with Gasteiger partial charge in [0.05, 0.1) is 19.3 Å². The van der Waals surface area contributed by atoms with Gasteiger partial charge in [0.25, 0.3) is 5.91 Å². The predicted molar refractivity (Wildman–Crippen MR) is 125 cm³/mol. The van der Waals surface area contributed by atoms with E-state index >= 15 is 0 Å². The summed E-state index contributed by atoms with van der Waals surface area (Å²) in [5, 5.41) is 0. The van der Waals surface area contributed by atoms with Crippen LogP contribution in [0.1, 0.15) is 48.9 Å². The van der Waals surface area contributed by atoms with Gasteiger partial charge < -0.3 is 19.3 Å². The Morgan fingerprint density at radius 2 is 1.82 bits per heavy atom. The number of nitrogens with zero attached hydrogens (tertiary/aromatic N) is 2. The van der Waals surface area contributed by atoms with Crippen molar-refractivity contribution in [3.63, 3.8) is 0 Å². The quantitative estimate of drug-likeness (QED) is 0.678. The molecule has 174 valence electrons. The lowest BCUT2D eigenvalue weighted by molar-refractivity contribution is -0.143. The molecule has 2 fully saturated rings. The van der Waals surface area contributed by atoms with E-state index in [2.05, 4.69) is 29.2 Å². The molecule has 1 saturated carbocycles. The second-order valence-electron chi connectivity index (χ2n) is 9.18. The van der Waals surface area contributed by atoms with Crippen molar-refractivity contribution < 1.29 is 19.1 Å². The average Bonchev–Trinajstić information content (AvgIpc) is 3.72. The van der Waals surface area contributed by atoms with E-state index in [-0.39, 0.29) is 23.8 Å². The third kappa shape index (κ3) is 4.62. The van der Waals surface area contributed by atoms with E-state index in [4.69, 9.17) is 9.47 Å². The fourth-order valence-corrected chi connectivity index (χ4v) is 4.92. The third-order valence-corrected chi connectivity index (χ3v) is 6.92. The number of benzene rings is 2. The van der Waals surface area contributed by atoms with Gasteiger partial charge in [0.1, 0.15) is 5.75 Å². The Morgan fingerprint density at radius 3 is 2.52 bits per heavy atom. The van der Waals surface area contributed by atoms with Crippen LogP contribution in [0.3, 0.4) is 0 Å². The van der Waals surface area contributed by atoms with Crippen molar-refractivity contribution >= 4 is 11.8 Å². The minimum Gasteiger partial charge on any atom is -0.481 e. The second-order valence-corrected chi connectivity index (χ2v) is 9.18. The summed E-state index contributed by atoms with van der Waals surface area (Å²) >= 11 is 0. The van der Waals surface area contributed by atoms with Gasteiger partial charge in [-0.25, -0.2) is 0 Å². The fraction of sp³-hybridized carbons (Fsp3) is 0.481. The van der Waals surface area contributed by atoms with Crippen LogP contribution in [0.4, 0.5) is 0 Å². The van der Waals surface area contributed by atoms with Gasteiger partial charge in [-0.15, -0.1) is 0 Å². The predicted octanol–water partition coefficient (Wildman–Crippen LogP) is 3.59. The first kappa shape index (κ1) is 22.0. The molecule has 2 atom stereocenters. The van der Waals surface area contributed by atoms with E-state index in [9.17, 15) is 9.59 Å². The first-order valence-electron chi connectivity index (χ1n) is 12.2. The molecule has 1 saturated heterocycles. The van der Waals surface area contributed by atoms with Crippen LogP contribution < -0.4 is 4.74 Å². The number of rotatable bonds is 6. The summed E-state index contributed by atoms with van der Waals surface area (Å²) in [6.45, 7) is 5.07. The van der Waals surface area contributed by atoms with Gasteiger partial charge in [-0.1, -0.05) is 43.3 Å². The molecule has 33 heavy (non-hydrogen) atoms. The Labute approximate surface area is 195 Å². The van der Waals surface area contributed by atoms with E-state index in [0.717, 1.165) is 36.9 Å². The van der Waals surface area contributed by atoms with E-state index in [1.54, 1.807) is 0 Å². The molecule has 0 aromatic heterocycles. The molecule has 6 heteroatoms. The maximum atomic E-state index is 13.2. The third-order valence-electron chi connectivity index (χ3n) is 6.92. The fourth-order valence-electron chi connectivity index (χ4n) is 4.92. The Balaban J connectivity index is 1.43. The first-order chi connectivity index (χ1) is 16.2. The number of fused-ring (bicyclic) bond motifs is 1. The Kier molecular flexibility index (Phi) is 6.36. The lowest BCUT2D eigenvalue weighted by Gasteiger charge is -2.38. The molecule has 3 aliphatic rings. The summed E-state index contributed by atoms with van der Waals surface area (Å²) < 4.78 is 11.6. The van der Waals surface area contributed by atoms with Crippen molar-refractivity contribution in [2.75, 3.05) is 32.8 Å². The average molecular weight is 449 g/mol. The van der Waals surface area contributed by atoms with Crippen molar-refractivity contribution in [3.8, 4) is 5.75 Å². The molecule has 2 amide bonds. The number of ether oxygens (including phenoxy) is 2. The molecule has 0 spiro atoms. The molecule has 5 rings (SSSR count). The minimum atomic E-state index is -0.524. The highest BCUT2D eigenvalue weighted by atomic mass is 16.5. The zero-order valence-electron chi connectivity index (χ0n) is 19.2. The normalized spacial score (nSPS) is 21.3. The Morgan fingerprint density at radius 1 is 1.06 bits per heavy atom. The highest BCUT2D eigenvalue weighted by molar-refractivity contribution is 5.82. The highest BCUT2D eigenvalue weighted by Gasteiger charge is 2.39. The smallest absolute Gasteiger partial charge is 0.263 e. The molecular weight excluding hydrogens is 416 g/mol. The van der Waals surface area contributed by atoms with Gasteiger partial charge in [0.15, 0.2) is 6.10 Å². The number of morpholine rings is 1. The molecule has 2 unspecified atom stereocenters. The van der Waals surface area contributed by atoms with E-state index < -0.39 is 6.10 Å². The zero-order valence-corrected chi connectivity index (χ0v) is 19.2. The van der Waals surface area contributed by atoms with Gasteiger partial charge >= 0.3 is 0 Å². The van der Waals surface area contributed by atoms with E-state index in [1.807, 2.05) is 36.1 Å². The Hall–Kier alpha value is -2.86. The van der Waals surface area contributed by atoms with Crippen LogP contribution in [0.5, 0.6) is 5.75 Å². The molecule has 6 nitrogen and oxygen atoms in total. The van der Waals surface area contributed by atoms with Crippen LogP contribution in [0.2, 0.25) is 0 Å². The highest BCUT2D eigenvalue weighted by Crippen LogP contribution is 2.41. The second kappa shape index (κ2) is 9.56. The summed E-state index contributed by atoms with van der Waals surface area (Å²) in [5.41, 5.74) is 3.46. The molecule has 0 bridgehead atoms. The molecule has 2 aliphatic heterocycles. The molecule has 0 radical (unpaired) electrons. The number of hydrogen-bond donors (Lipinski definition) is 0. The summed E-state index contributed by atoms with van der Waals surface area (Å²) in [7, 11) is 0. The number of carbonyl (C=O) groups is 2. The summed E-state index contributed by atoms with van der Waals surface area (Å²) in [5.74, 6) is 1.13. The topological polar surface area (TPSA) is 59.1 Å². The van der Waals surface area contributed by atoms with Crippen LogP contribution in [0, 0.1) is 5.92 Å². The standard InChI is InChI=1S/C27H32N2O4/c1-2-24(27(31)28-14-16-32-17-15-28)33-22-11-10-19-12-13-29(26(30)21-8-9-21)25(23(19)18-22)20-6-4-3-5-7-20/h3-7,10-11,18,21,24-25H,2,8-9,12-17H2,1H3. The molecule has 2 aromatic rings. The van der Waals surface area contributed by atoms with Gasteiger partial charge in [0, 0.05) is 25.6 Å². The number of hydrogen-bond acceptors (Lipinski definition) is 4.